The molecule has 0 N–H and O–H groups in total. The molecule has 1 aliphatic heterocycles. The lowest BCUT2D eigenvalue weighted by Crippen LogP contribution is -2.39. The first-order valence-corrected chi connectivity index (χ1v) is 7.04. The molecule has 2 amide bonds. The zero-order chi connectivity index (χ0) is 13.5. The predicted octanol–water partition coefficient (Wildman–Crippen LogP) is 1.89. The molecule has 1 aliphatic rings. The van der Waals surface area contributed by atoms with Crippen molar-refractivity contribution in [2.75, 3.05) is 26.2 Å². The fraction of sp³-hybridized carbons (Fsp3) is 0.857. The lowest BCUT2D eigenvalue weighted by molar-refractivity contribution is -0.134. The third-order valence-electron chi connectivity index (χ3n) is 3.34. The Kier molecular flexibility index (Phi) is 6.16. The van der Waals surface area contributed by atoms with Crippen LogP contribution in [0.25, 0.3) is 0 Å². The molecule has 0 unspecified atom stereocenters. The van der Waals surface area contributed by atoms with Crippen LogP contribution in [0.15, 0.2) is 0 Å². The van der Waals surface area contributed by atoms with Crippen LogP contribution in [-0.4, -0.2) is 47.8 Å². The van der Waals surface area contributed by atoms with Crippen molar-refractivity contribution in [2.24, 2.45) is 5.92 Å². The second kappa shape index (κ2) is 7.39. The first kappa shape index (κ1) is 15.0. The van der Waals surface area contributed by atoms with Gasteiger partial charge in [0.2, 0.25) is 11.8 Å². The monoisotopic (exact) mass is 254 g/mol. The zero-order valence-corrected chi connectivity index (χ0v) is 11.9. The molecule has 0 aliphatic carbocycles. The van der Waals surface area contributed by atoms with Crippen LogP contribution >= 0.6 is 0 Å². The van der Waals surface area contributed by atoms with Crippen molar-refractivity contribution in [3.63, 3.8) is 0 Å². The molecule has 1 rings (SSSR count). The van der Waals surface area contributed by atoms with Gasteiger partial charge < -0.3 is 9.80 Å². The summed E-state index contributed by atoms with van der Waals surface area (Å²) in [4.78, 5) is 27.2. The van der Waals surface area contributed by atoms with Gasteiger partial charge in [0.15, 0.2) is 0 Å². The molecule has 0 aromatic carbocycles. The number of carbonyl (C=O) groups excluding carboxylic acids is 2. The van der Waals surface area contributed by atoms with Crippen LogP contribution in [-0.2, 0) is 9.59 Å². The van der Waals surface area contributed by atoms with Crippen molar-refractivity contribution in [3.05, 3.63) is 0 Å². The number of nitrogens with zero attached hydrogens (tertiary/aromatic N) is 2. The Morgan fingerprint density at radius 1 is 1.17 bits per heavy atom. The maximum Gasteiger partial charge on any atom is 0.224 e. The van der Waals surface area contributed by atoms with Crippen molar-refractivity contribution >= 4 is 11.8 Å². The molecule has 1 fully saturated rings. The van der Waals surface area contributed by atoms with E-state index in [-0.39, 0.29) is 11.8 Å². The SMILES string of the molecule is CC(=O)N(CCC(=O)N1CCCCC1)CC(C)C. The van der Waals surface area contributed by atoms with Gasteiger partial charge in [0.1, 0.15) is 0 Å². The minimum Gasteiger partial charge on any atom is -0.343 e. The summed E-state index contributed by atoms with van der Waals surface area (Å²) in [7, 11) is 0. The Labute approximate surface area is 110 Å². The maximum absolute atomic E-state index is 12.0. The van der Waals surface area contributed by atoms with Crippen molar-refractivity contribution in [3.8, 4) is 0 Å². The number of amides is 2. The van der Waals surface area contributed by atoms with Gasteiger partial charge in [0.05, 0.1) is 0 Å². The minimum atomic E-state index is 0.0649. The van der Waals surface area contributed by atoms with Crippen LogP contribution in [0, 0.1) is 5.92 Å². The van der Waals surface area contributed by atoms with Crippen LogP contribution in [0.5, 0.6) is 0 Å². The molecule has 4 heteroatoms. The highest BCUT2D eigenvalue weighted by Crippen LogP contribution is 2.10. The highest BCUT2D eigenvalue weighted by Gasteiger charge is 2.18. The van der Waals surface area contributed by atoms with E-state index < -0.39 is 0 Å². The van der Waals surface area contributed by atoms with E-state index >= 15 is 0 Å². The second-order valence-corrected chi connectivity index (χ2v) is 5.55. The summed E-state index contributed by atoms with van der Waals surface area (Å²) in [5, 5.41) is 0. The molecule has 18 heavy (non-hydrogen) atoms. The Morgan fingerprint density at radius 3 is 2.28 bits per heavy atom. The van der Waals surface area contributed by atoms with Gasteiger partial charge in [-0.3, -0.25) is 9.59 Å². The Balaban J connectivity index is 2.36. The topological polar surface area (TPSA) is 40.6 Å². The highest BCUT2D eigenvalue weighted by atomic mass is 16.2. The molecule has 0 aromatic rings. The number of piperidine rings is 1. The van der Waals surface area contributed by atoms with Crippen LogP contribution in [0.3, 0.4) is 0 Å². The van der Waals surface area contributed by atoms with E-state index in [1.165, 1.54) is 6.42 Å². The van der Waals surface area contributed by atoms with Gasteiger partial charge in [-0.2, -0.15) is 0 Å². The molecule has 104 valence electrons. The third-order valence-corrected chi connectivity index (χ3v) is 3.34. The summed E-state index contributed by atoms with van der Waals surface area (Å²) in [6, 6.07) is 0. The molecule has 0 atom stereocenters. The van der Waals surface area contributed by atoms with E-state index in [4.69, 9.17) is 0 Å². The molecular formula is C14H26N2O2. The van der Waals surface area contributed by atoms with Crippen molar-refractivity contribution < 1.29 is 9.59 Å². The van der Waals surface area contributed by atoms with E-state index in [1.807, 2.05) is 4.90 Å². The number of carbonyl (C=O) groups is 2. The number of hydrogen-bond donors (Lipinski definition) is 0. The van der Waals surface area contributed by atoms with E-state index in [9.17, 15) is 9.59 Å². The van der Waals surface area contributed by atoms with Gasteiger partial charge in [-0.25, -0.2) is 0 Å². The molecule has 4 nitrogen and oxygen atoms in total. The highest BCUT2D eigenvalue weighted by molar-refractivity contribution is 5.78. The second-order valence-electron chi connectivity index (χ2n) is 5.55. The van der Waals surface area contributed by atoms with E-state index in [2.05, 4.69) is 13.8 Å². The first-order valence-electron chi connectivity index (χ1n) is 7.04. The van der Waals surface area contributed by atoms with Crippen LogP contribution in [0.2, 0.25) is 0 Å². The van der Waals surface area contributed by atoms with E-state index in [0.29, 0.717) is 18.9 Å². The van der Waals surface area contributed by atoms with Crippen LogP contribution in [0.4, 0.5) is 0 Å². The van der Waals surface area contributed by atoms with Crippen LogP contribution < -0.4 is 0 Å². The average Bonchev–Trinajstić information content (AvgIpc) is 2.34. The van der Waals surface area contributed by atoms with Crippen molar-refractivity contribution in [2.45, 2.75) is 46.5 Å². The molecule has 0 saturated carbocycles. The third kappa shape index (κ3) is 5.07. The summed E-state index contributed by atoms with van der Waals surface area (Å²) in [5.41, 5.74) is 0. The number of hydrogen-bond acceptors (Lipinski definition) is 2. The minimum absolute atomic E-state index is 0.0649. The molecule has 0 spiro atoms. The van der Waals surface area contributed by atoms with Gasteiger partial charge in [0.25, 0.3) is 0 Å². The van der Waals surface area contributed by atoms with Gasteiger partial charge in [-0.05, 0) is 25.2 Å². The predicted molar refractivity (Wildman–Crippen MR) is 72.1 cm³/mol. The zero-order valence-electron chi connectivity index (χ0n) is 11.9. The smallest absolute Gasteiger partial charge is 0.224 e. The standard InChI is InChI=1S/C14H26N2O2/c1-12(2)11-16(13(3)17)10-7-14(18)15-8-5-4-6-9-15/h12H,4-11H2,1-3H3. The van der Waals surface area contributed by atoms with Gasteiger partial charge in [0, 0.05) is 39.5 Å². The van der Waals surface area contributed by atoms with Crippen molar-refractivity contribution in [1.29, 1.82) is 0 Å². The molecule has 0 aromatic heterocycles. The first-order chi connectivity index (χ1) is 8.50. The average molecular weight is 254 g/mol. The molecular weight excluding hydrogens is 228 g/mol. The number of rotatable bonds is 5. The Bertz CT molecular complexity index is 284. The normalized spacial score (nSPS) is 15.9. The summed E-state index contributed by atoms with van der Waals surface area (Å²) in [6.07, 6.45) is 3.94. The van der Waals surface area contributed by atoms with Gasteiger partial charge in [-0.1, -0.05) is 13.8 Å². The summed E-state index contributed by atoms with van der Waals surface area (Å²) >= 11 is 0. The molecule has 0 radical (unpaired) electrons. The van der Waals surface area contributed by atoms with Gasteiger partial charge in [-0.15, -0.1) is 0 Å². The lowest BCUT2D eigenvalue weighted by atomic mass is 10.1. The summed E-state index contributed by atoms with van der Waals surface area (Å²) < 4.78 is 0. The van der Waals surface area contributed by atoms with Crippen molar-refractivity contribution in [1.82, 2.24) is 9.80 Å². The van der Waals surface area contributed by atoms with E-state index in [1.54, 1.807) is 11.8 Å². The van der Waals surface area contributed by atoms with Crippen LogP contribution in [0.1, 0.15) is 46.5 Å². The quantitative estimate of drug-likeness (QED) is 0.752. The Hall–Kier alpha value is -1.06. The fourth-order valence-electron chi connectivity index (χ4n) is 2.35. The Morgan fingerprint density at radius 2 is 1.78 bits per heavy atom. The molecule has 1 heterocycles. The van der Waals surface area contributed by atoms with E-state index in [0.717, 1.165) is 32.5 Å². The summed E-state index contributed by atoms with van der Waals surface area (Å²) in [5.74, 6) is 0.707. The summed E-state index contributed by atoms with van der Waals surface area (Å²) in [6.45, 7) is 8.83. The molecule has 1 saturated heterocycles. The maximum atomic E-state index is 12.0. The molecule has 0 bridgehead atoms. The number of likely N-dealkylation sites (tertiary alicyclic amines) is 1. The van der Waals surface area contributed by atoms with Gasteiger partial charge >= 0.3 is 0 Å². The largest absolute Gasteiger partial charge is 0.343 e. The lowest BCUT2D eigenvalue weighted by Gasteiger charge is -2.28. The fourth-order valence-corrected chi connectivity index (χ4v) is 2.35.